The van der Waals surface area contributed by atoms with Crippen molar-refractivity contribution >= 4 is 11.9 Å². The molecule has 2 rings (SSSR count). The molecule has 1 unspecified atom stereocenters. The molecule has 1 amide bonds. The number of carboxylic acids is 1. The molecule has 0 spiro atoms. The lowest BCUT2D eigenvalue weighted by atomic mass is 9.93. The van der Waals surface area contributed by atoms with E-state index in [2.05, 4.69) is 13.8 Å². The van der Waals surface area contributed by atoms with E-state index < -0.39 is 11.8 Å². The van der Waals surface area contributed by atoms with Crippen LogP contribution in [0.15, 0.2) is 18.2 Å². The summed E-state index contributed by atoms with van der Waals surface area (Å²) in [5.74, 6) is -1.83. The number of aromatic carboxylic acids is 1. The van der Waals surface area contributed by atoms with Gasteiger partial charge < -0.3 is 10.0 Å². The SMILES string of the molecule is CC(C)CC1CCCCN1C(=O)c1ccc(C(=O)O)cc1F. The number of amides is 1. The molecule has 22 heavy (non-hydrogen) atoms. The Hall–Kier alpha value is -1.91. The number of carbonyl (C=O) groups is 2. The molecule has 4 nitrogen and oxygen atoms in total. The first kappa shape index (κ1) is 16.5. The minimum Gasteiger partial charge on any atom is -0.478 e. The van der Waals surface area contributed by atoms with E-state index >= 15 is 0 Å². The number of rotatable bonds is 4. The molecule has 1 atom stereocenters. The molecular weight excluding hydrogens is 285 g/mol. The molecular formula is C17H22FNO3. The Morgan fingerprint density at radius 2 is 2.09 bits per heavy atom. The normalized spacial score (nSPS) is 18.5. The fraction of sp³-hybridized carbons (Fsp3) is 0.529. The third-order valence-corrected chi connectivity index (χ3v) is 4.08. The smallest absolute Gasteiger partial charge is 0.335 e. The number of benzene rings is 1. The van der Waals surface area contributed by atoms with E-state index in [-0.39, 0.29) is 23.1 Å². The van der Waals surface area contributed by atoms with Gasteiger partial charge in [-0.2, -0.15) is 0 Å². The van der Waals surface area contributed by atoms with E-state index in [0.717, 1.165) is 31.7 Å². The van der Waals surface area contributed by atoms with E-state index in [1.165, 1.54) is 12.1 Å². The summed E-state index contributed by atoms with van der Waals surface area (Å²) in [5, 5.41) is 8.87. The third-order valence-electron chi connectivity index (χ3n) is 4.08. The van der Waals surface area contributed by atoms with Gasteiger partial charge in [0.05, 0.1) is 11.1 Å². The van der Waals surface area contributed by atoms with Crippen LogP contribution in [0, 0.1) is 11.7 Å². The van der Waals surface area contributed by atoms with Crippen LogP contribution in [-0.2, 0) is 0 Å². The summed E-state index contributed by atoms with van der Waals surface area (Å²) < 4.78 is 14.1. The van der Waals surface area contributed by atoms with Gasteiger partial charge in [0.2, 0.25) is 0 Å². The van der Waals surface area contributed by atoms with Gasteiger partial charge in [0.1, 0.15) is 5.82 Å². The van der Waals surface area contributed by atoms with Gasteiger partial charge in [-0.05, 0) is 49.8 Å². The van der Waals surface area contributed by atoms with Gasteiger partial charge in [-0.25, -0.2) is 9.18 Å². The van der Waals surface area contributed by atoms with Crippen molar-refractivity contribution in [1.29, 1.82) is 0 Å². The van der Waals surface area contributed by atoms with Crippen LogP contribution in [0.25, 0.3) is 0 Å². The lowest BCUT2D eigenvalue weighted by Gasteiger charge is -2.37. The summed E-state index contributed by atoms with van der Waals surface area (Å²) in [7, 11) is 0. The standard InChI is InChI=1S/C17H22FNO3/c1-11(2)9-13-5-3-4-8-19(13)16(20)14-7-6-12(17(21)22)10-15(14)18/h6-7,10-11,13H,3-5,8-9H2,1-2H3,(H,21,22). The highest BCUT2D eigenvalue weighted by molar-refractivity contribution is 5.96. The molecule has 0 bridgehead atoms. The molecule has 1 fully saturated rings. The molecule has 1 aromatic carbocycles. The van der Waals surface area contributed by atoms with Gasteiger partial charge in [-0.3, -0.25) is 4.79 Å². The number of hydrogen-bond donors (Lipinski definition) is 1. The van der Waals surface area contributed by atoms with E-state index in [1.807, 2.05) is 0 Å². The minimum absolute atomic E-state index is 0.0411. The summed E-state index contributed by atoms with van der Waals surface area (Å²) in [4.78, 5) is 25.2. The number of carboxylic acid groups (broad SMARTS) is 1. The molecule has 0 radical (unpaired) electrons. The van der Waals surface area contributed by atoms with E-state index in [1.54, 1.807) is 4.90 Å². The fourth-order valence-corrected chi connectivity index (χ4v) is 3.03. The molecule has 0 saturated carbocycles. The van der Waals surface area contributed by atoms with Crippen molar-refractivity contribution in [2.75, 3.05) is 6.54 Å². The number of likely N-dealkylation sites (tertiary alicyclic amines) is 1. The summed E-state index contributed by atoms with van der Waals surface area (Å²) in [6.07, 6.45) is 3.86. The second-order valence-corrected chi connectivity index (χ2v) is 6.28. The van der Waals surface area contributed by atoms with Gasteiger partial charge in [0, 0.05) is 12.6 Å². The van der Waals surface area contributed by atoms with E-state index in [9.17, 15) is 14.0 Å². The van der Waals surface area contributed by atoms with Crippen LogP contribution in [0.4, 0.5) is 4.39 Å². The summed E-state index contributed by atoms with van der Waals surface area (Å²) >= 11 is 0. The first-order valence-corrected chi connectivity index (χ1v) is 7.74. The first-order chi connectivity index (χ1) is 10.4. The Kier molecular flexibility index (Phi) is 5.16. The van der Waals surface area contributed by atoms with Crippen molar-refractivity contribution in [3.63, 3.8) is 0 Å². The average molecular weight is 307 g/mol. The monoisotopic (exact) mass is 307 g/mol. The molecule has 5 heteroatoms. The number of carbonyl (C=O) groups excluding carboxylic acids is 1. The van der Waals surface area contributed by atoms with Gasteiger partial charge in [0.25, 0.3) is 5.91 Å². The highest BCUT2D eigenvalue weighted by Crippen LogP contribution is 2.25. The van der Waals surface area contributed by atoms with Gasteiger partial charge >= 0.3 is 5.97 Å². The van der Waals surface area contributed by atoms with Crippen molar-refractivity contribution in [2.24, 2.45) is 5.92 Å². The number of nitrogens with zero attached hydrogens (tertiary/aromatic N) is 1. The molecule has 1 N–H and O–H groups in total. The highest BCUT2D eigenvalue weighted by atomic mass is 19.1. The zero-order chi connectivity index (χ0) is 16.3. The van der Waals surface area contributed by atoms with E-state index in [4.69, 9.17) is 5.11 Å². The van der Waals surface area contributed by atoms with Crippen molar-refractivity contribution in [3.8, 4) is 0 Å². The zero-order valence-electron chi connectivity index (χ0n) is 13.0. The molecule has 1 saturated heterocycles. The van der Waals surface area contributed by atoms with Gasteiger partial charge in [-0.1, -0.05) is 13.8 Å². The summed E-state index contributed by atoms with van der Waals surface area (Å²) in [6.45, 7) is 4.86. The van der Waals surface area contributed by atoms with Crippen LogP contribution in [0.2, 0.25) is 0 Å². The Morgan fingerprint density at radius 3 is 2.68 bits per heavy atom. The molecule has 0 aliphatic carbocycles. The third kappa shape index (κ3) is 3.64. The van der Waals surface area contributed by atoms with E-state index in [0.29, 0.717) is 12.5 Å². The van der Waals surface area contributed by atoms with Crippen LogP contribution in [0.1, 0.15) is 60.2 Å². The summed E-state index contributed by atoms with van der Waals surface area (Å²) in [5.41, 5.74) is -0.188. The topological polar surface area (TPSA) is 57.6 Å². The largest absolute Gasteiger partial charge is 0.478 e. The van der Waals surface area contributed by atoms with Crippen molar-refractivity contribution < 1.29 is 19.1 Å². The molecule has 1 heterocycles. The molecule has 1 aromatic rings. The second-order valence-electron chi connectivity index (χ2n) is 6.28. The summed E-state index contributed by atoms with van der Waals surface area (Å²) in [6, 6.07) is 3.61. The maximum Gasteiger partial charge on any atom is 0.335 e. The Morgan fingerprint density at radius 1 is 1.36 bits per heavy atom. The van der Waals surface area contributed by atoms with Crippen molar-refractivity contribution in [2.45, 2.75) is 45.6 Å². The number of halogens is 1. The molecule has 1 aliphatic heterocycles. The predicted octanol–water partition coefficient (Wildman–Crippen LogP) is 3.56. The quantitative estimate of drug-likeness (QED) is 0.925. The lowest BCUT2D eigenvalue weighted by Crippen LogP contribution is -2.44. The van der Waals surface area contributed by atoms with Gasteiger partial charge in [0.15, 0.2) is 0 Å². The maximum atomic E-state index is 14.1. The second kappa shape index (κ2) is 6.90. The highest BCUT2D eigenvalue weighted by Gasteiger charge is 2.29. The average Bonchev–Trinajstić information content (AvgIpc) is 2.46. The van der Waals surface area contributed by atoms with Crippen LogP contribution in [0.5, 0.6) is 0 Å². The predicted molar refractivity (Wildman–Crippen MR) is 81.5 cm³/mol. The zero-order valence-corrected chi connectivity index (χ0v) is 13.0. The van der Waals surface area contributed by atoms with Crippen molar-refractivity contribution in [1.82, 2.24) is 4.90 Å². The Labute approximate surface area is 129 Å². The van der Waals surface area contributed by atoms with Crippen LogP contribution in [0.3, 0.4) is 0 Å². The van der Waals surface area contributed by atoms with Crippen LogP contribution >= 0.6 is 0 Å². The van der Waals surface area contributed by atoms with Crippen molar-refractivity contribution in [3.05, 3.63) is 35.1 Å². The van der Waals surface area contributed by atoms with Crippen LogP contribution in [-0.4, -0.2) is 34.5 Å². The lowest BCUT2D eigenvalue weighted by molar-refractivity contribution is 0.0577. The molecule has 0 aromatic heterocycles. The molecule has 1 aliphatic rings. The minimum atomic E-state index is -1.20. The fourth-order valence-electron chi connectivity index (χ4n) is 3.03. The van der Waals surface area contributed by atoms with Gasteiger partial charge in [-0.15, -0.1) is 0 Å². The Bertz CT molecular complexity index is 571. The maximum absolute atomic E-state index is 14.1. The van der Waals surface area contributed by atoms with Crippen LogP contribution < -0.4 is 0 Å². The first-order valence-electron chi connectivity index (χ1n) is 7.74. The number of piperidine rings is 1. The Balaban J connectivity index is 2.23. The molecule has 120 valence electrons. The number of hydrogen-bond acceptors (Lipinski definition) is 2.